The van der Waals surface area contributed by atoms with Gasteiger partial charge in [0.05, 0.1) is 18.8 Å². The van der Waals surface area contributed by atoms with Crippen molar-refractivity contribution < 1.29 is 37.3 Å². The molecule has 3 aromatic carbocycles. The van der Waals surface area contributed by atoms with E-state index in [0.29, 0.717) is 41.7 Å². The van der Waals surface area contributed by atoms with Crippen molar-refractivity contribution in [1.82, 2.24) is 0 Å². The summed E-state index contributed by atoms with van der Waals surface area (Å²) < 4.78 is 55.1. The van der Waals surface area contributed by atoms with Gasteiger partial charge in [-0.1, -0.05) is 23.7 Å². The second-order valence-electron chi connectivity index (χ2n) is 7.49. The van der Waals surface area contributed by atoms with E-state index in [-0.39, 0.29) is 5.75 Å². The maximum Gasteiger partial charge on any atom is 0.416 e. The fourth-order valence-corrected chi connectivity index (χ4v) is 3.14. The van der Waals surface area contributed by atoms with Gasteiger partial charge < -0.3 is 19.3 Å². The Morgan fingerprint density at radius 1 is 0.794 bits per heavy atom. The molecule has 0 radical (unpaired) electrons. The minimum atomic E-state index is -4.49. The molecule has 9 heteroatoms. The van der Waals surface area contributed by atoms with Crippen molar-refractivity contribution in [1.29, 1.82) is 0 Å². The van der Waals surface area contributed by atoms with E-state index >= 15 is 0 Å². The van der Waals surface area contributed by atoms with Gasteiger partial charge in [0, 0.05) is 17.0 Å². The van der Waals surface area contributed by atoms with Crippen molar-refractivity contribution in [2.24, 2.45) is 0 Å². The van der Waals surface area contributed by atoms with Gasteiger partial charge in [-0.05, 0) is 67.6 Å². The van der Waals surface area contributed by atoms with Crippen molar-refractivity contribution >= 4 is 17.6 Å². The first-order valence-electron chi connectivity index (χ1n) is 10.3. The van der Waals surface area contributed by atoms with Crippen LogP contribution in [-0.2, 0) is 16.6 Å². The average molecular weight is 495 g/mol. The Kier molecular flexibility index (Phi) is 7.94. The third-order valence-corrected chi connectivity index (χ3v) is 5.21. The zero-order valence-corrected chi connectivity index (χ0v) is 18.9. The van der Waals surface area contributed by atoms with E-state index in [1.165, 1.54) is 19.1 Å². The summed E-state index contributed by atoms with van der Waals surface area (Å²) in [5.74, 6) is -0.0633. The number of carboxylic acids is 1. The number of carboxylic acid groups (broad SMARTS) is 1. The Labute approximate surface area is 199 Å². The maximum atomic E-state index is 12.8. The van der Waals surface area contributed by atoms with Crippen LogP contribution in [0.25, 0.3) is 0 Å². The summed E-state index contributed by atoms with van der Waals surface area (Å²) in [7, 11) is 0. The van der Waals surface area contributed by atoms with E-state index in [9.17, 15) is 23.1 Å². The number of carbonyl (C=O) groups is 1. The van der Waals surface area contributed by atoms with Crippen molar-refractivity contribution in [2.75, 3.05) is 13.2 Å². The highest BCUT2D eigenvalue weighted by Crippen LogP contribution is 2.33. The topological polar surface area (TPSA) is 65.0 Å². The highest BCUT2D eigenvalue weighted by molar-refractivity contribution is 6.30. The first kappa shape index (κ1) is 25.2. The number of benzene rings is 3. The Morgan fingerprint density at radius 3 is 1.71 bits per heavy atom. The minimum absolute atomic E-state index is 0.00101. The number of rotatable bonds is 10. The van der Waals surface area contributed by atoms with Crippen LogP contribution >= 0.6 is 11.6 Å². The quantitative estimate of drug-likeness (QED) is 0.322. The number of ether oxygens (including phenoxy) is 3. The molecular formula is C25H22ClF3O5. The molecule has 0 spiro atoms. The molecule has 3 rings (SSSR count). The SMILES string of the molecule is CC(Oc1ccc(C(F)(F)F)cc1)(C(=O)O)c1ccc(OCCCOc2ccc(Cl)cc2)cc1. The molecule has 3 aromatic rings. The van der Waals surface area contributed by atoms with Crippen molar-refractivity contribution in [3.8, 4) is 17.2 Å². The van der Waals surface area contributed by atoms with E-state index in [2.05, 4.69) is 0 Å². The molecule has 34 heavy (non-hydrogen) atoms. The van der Waals surface area contributed by atoms with Crippen LogP contribution in [0.4, 0.5) is 13.2 Å². The van der Waals surface area contributed by atoms with E-state index in [1.54, 1.807) is 36.4 Å². The molecule has 1 N–H and O–H groups in total. The Bertz CT molecular complexity index is 1080. The van der Waals surface area contributed by atoms with E-state index in [0.717, 1.165) is 24.3 Å². The van der Waals surface area contributed by atoms with Gasteiger partial charge >= 0.3 is 12.1 Å². The van der Waals surface area contributed by atoms with Crippen molar-refractivity contribution in [3.05, 3.63) is 88.9 Å². The molecule has 1 atom stereocenters. The van der Waals surface area contributed by atoms with Crippen LogP contribution in [0.15, 0.2) is 72.8 Å². The molecule has 0 aliphatic carbocycles. The van der Waals surface area contributed by atoms with Crippen molar-refractivity contribution in [3.63, 3.8) is 0 Å². The zero-order chi connectivity index (χ0) is 24.8. The standard InChI is InChI=1S/C25H22ClF3O5/c1-24(23(30)31,34-22-11-5-18(6-12-22)25(27,28)29)17-3-9-20(10-4-17)32-15-2-16-33-21-13-7-19(26)8-14-21/h3-14H,2,15-16H2,1H3,(H,30,31). The Morgan fingerprint density at radius 2 is 1.24 bits per heavy atom. The third kappa shape index (κ3) is 6.57. The largest absolute Gasteiger partial charge is 0.493 e. The predicted octanol–water partition coefficient (Wildman–Crippen LogP) is 6.59. The summed E-state index contributed by atoms with van der Waals surface area (Å²) in [5, 5.41) is 10.4. The molecule has 0 aromatic heterocycles. The third-order valence-electron chi connectivity index (χ3n) is 4.96. The van der Waals surface area contributed by atoms with Crippen molar-refractivity contribution in [2.45, 2.75) is 25.1 Å². The Hall–Kier alpha value is -3.39. The van der Waals surface area contributed by atoms with Gasteiger partial charge in [-0.3, -0.25) is 0 Å². The molecule has 180 valence electrons. The molecule has 0 saturated carbocycles. The molecule has 0 bridgehead atoms. The Balaban J connectivity index is 1.57. The van der Waals surface area contributed by atoms with E-state index in [1.807, 2.05) is 0 Å². The molecule has 0 saturated heterocycles. The van der Waals surface area contributed by atoms with E-state index < -0.39 is 23.3 Å². The zero-order valence-electron chi connectivity index (χ0n) is 18.1. The predicted molar refractivity (Wildman–Crippen MR) is 121 cm³/mol. The lowest BCUT2D eigenvalue weighted by molar-refractivity contribution is -0.154. The smallest absolute Gasteiger partial charge is 0.416 e. The van der Waals surface area contributed by atoms with Gasteiger partial charge in [0.2, 0.25) is 5.60 Å². The van der Waals surface area contributed by atoms with Gasteiger partial charge in [-0.25, -0.2) is 4.79 Å². The lowest BCUT2D eigenvalue weighted by Gasteiger charge is -2.27. The number of halogens is 4. The van der Waals surface area contributed by atoms with Gasteiger partial charge in [0.1, 0.15) is 17.2 Å². The summed E-state index contributed by atoms with van der Waals surface area (Å²) >= 11 is 5.83. The molecule has 0 aliphatic heterocycles. The summed E-state index contributed by atoms with van der Waals surface area (Å²) in [6.45, 7) is 2.15. The molecule has 5 nitrogen and oxygen atoms in total. The van der Waals surface area contributed by atoms with Crippen LogP contribution in [0.5, 0.6) is 17.2 Å². The van der Waals surface area contributed by atoms with Gasteiger partial charge in [-0.2, -0.15) is 13.2 Å². The van der Waals surface area contributed by atoms with Crippen LogP contribution in [0.2, 0.25) is 5.02 Å². The second kappa shape index (κ2) is 10.7. The summed E-state index contributed by atoms with van der Waals surface area (Å²) in [5.41, 5.74) is -2.36. The normalized spacial score (nSPS) is 13.1. The lowest BCUT2D eigenvalue weighted by atomic mass is 9.95. The molecule has 0 fully saturated rings. The first-order valence-corrected chi connectivity index (χ1v) is 10.7. The highest BCUT2D eigenvalue weighted by Gasteiger charge is 2.38. The number of hydrogen-bond acceptors (Lipinski definition) is 4. The van der Waals surface area contributed by atoms with Crippen LogP contribution in [0.1, 0.15) is 24.5 Å². The van der Waals surface area contributed by atoms with Crippen LogP contribution in [0, 0.1) is 0 Å². The average Bonchev–Trinajstić information content (AvgIpc) is 2.80. The van der Waals surface area contributed by atoms with Gasteiger partial charge in [0.15, 0.2) is 0 Å². The minimum Gasteiger partial charge on any atom is -0.493 e. The van der Waals surface area contributed by atoms with Crippen LogP contribution in [-0.4, -0.2) is 24.3 Å². The molecule has 0 heterocycles. The second-order valence-corrected chi connectivity index (χ2v) is 7.93. The van der Waals surface area contributed by atoms with Gasteiger partial charge in [0.25, 0.3) is 0 Å². The van der Waals surface area contributed by atoms with Crippen LogP contribution < -0.4 is 14.2 Å². The molecule has 0 amide bonds. The fraction of sp³-hybridized carbons (Fsp3) is 0.240. The van der Waals surface area contributed by atoms with Crippen LogP contribution in [0.3, 0.4) is 0 Å². The monoisotopic (exact) mass is 494 g/mol. The number of aliphatic carboxylic acids is 1. The highest BCUT2D eigenvalue weighted by atomic mass is 35.5. The first-order chi connectivity index (χ1) is 16.1. The summed E-state index contributed by atoms with van der Waals surface area (Å²) in [6, 6.07) is 17.2. The van der Waals surface area contributed by atoms with Gasteiger partial charge in [-0.15, -0.1) is 0 Å². The summed E-state index contributed by atoms with van der Waals surface area (Å²) in [4.78, 5) is 12.0. The number of alkyl halides is 3. The van der Waals surface area contributed by atoms with E-state index in [4.69, 9.17) is 25.8 Å². The molecule has 1 unspecified atom stereocenters. The lowest BCUT2D eigenvalue weighted by Crippen LogP contribution is -2.38. The maximum absolute atomic E-state index is 12.8. The molecular weight excluding hydrogens is 473 g/mol. The number of hydrogen-bond donors (Lipinski definition) is 1. The summed E-state index contributed by atoms with van der Waals surface area (Å²) in [6.07, 6.45) is -3.87. The molecule has 0 aliphatic rings. The fourth-order valence-electron chi connectivity index (χ4n) is 3.01.